The van der Waals surface area contributed by atoms with Crippen molar-refractivity contribution in [3.63, 3.8) is 0 Å². The van der Waals surface area contributed by atoms with Crippen LogP contribution in [0.15, 0.2) is 72.8 Å². The van der Waals surface area contributed by atoms with Crippen molar-refractivity contribution in [3.8, 4) is 17.2 Å². The SMILES string of the molecule is CC(C)C(F)(F)Oc1ccc(CC(=O)OCc2cccc(Oc3ccccc3)c2)cc1Cl. The molecule has 0 spiro atoms. The molecule has 0 radical (unpaired) electrons. The van der Waals surface area contributed by atoms with Crippen LogP contribution in [0.3, 0.4) is 0 Å². The summed E-state index contributed by atoms with van der Waals surface area (Å²) >= 11 is 6.06. The van der Waals surface area contributed by atoms with E-state index in [-0.39, 0.29) is 23.8 Å². The van der Waals surface area contributed by atoms with Crippen LogP contribution in [0.5, 0.6) is 17.2 Å². The third kappa shape index (κ3) is 6.69. The number of halogens is 3. The number of carbonyl (C=O) groups is 1. The number of rotatable bonds is 9. The molecule has 0 bridgehead atoms. The molecule has 0 N–H and O–H groups in total. The van der Waals surface area contributed by atoms with Crippen molar-refractivity contribution in [2.45, 2.75) is 33.0 Å². The van der Waals surface area contributed by atoms with Crippen LogP contribution in [-0.4, -0.2) is 12.1 Å². The molecule has 0 unspecified atom stereocenters. The van der Waals surface area contributed by atoms with Crippen LogP contribution >= 0.6 is 11.6 Å². The van der Waals surface area contributed by atoms with Gasteiger partial charge >= 0.3 is 12.1 Å². The summed E-state index contributed by atoms with van der Waals surface area (Å²) in [6.07, 6.45) is -3.40. The van der Waals surface area contributed by atoms with E-state index in [9.17, 15) is 13.6 Å². The van der Waals surface area contributed by atoms with E-state index in [4.69, 9.17) is 25.8 Å². The Hall–Kier alpha value is -3.12. The second kappa shape index (κ2) is 10.5. The summed E-state index contributed by atoms with van der Waals surface area (Å²) in [6, 6.07) is 20.8. The first-order chi connectivity index (χ1) is 15.2. The predicted octanol–water partition coefficient (Wildman–Crippen LogP) is 7.05. The summed E-state index contributed by atoms with van der Waals surface area (Å²) in [5.74, 6) is -0.290. The number of ether oxygens (including phenoxy) is 3. The Labute approximate surface area is 190 Å². The average Bonchev–Trinajstić information content (AvgIpc) is 2.75. The van der Waals surface area contributed by atoms with E-state index in [1.54, 1.807) is 6.07 Å². The molecule has 3 aromatic rings. The number of para-hydroxylation sites is 1. The molecular formula is C25H23ClF2O4. The van der Waals surface area contributed by atoms with E-state index in [1.807, 2.05) is 48.5 Å². The van der Waals surface area contributed by atoms with Crippen LogP contribution in [0.1, 0.15) is 25.0 Å². The van der Waals surface area contributed by atoms with E-state index < -0.39 is 18.0 Å². The third-order valence-electron chi connectivity index (χ3n) is 4.54. The Morgan fingerprint density at radius 2 is 1.66 bits per heavy atom. The van der Waals surface area contributed by atoms with E-state index in [0.29, 0.717) is 17.1 Å². The third-order valence-corrected chi connectivity index (χ3v) is 4.84. The minimum absolute atomic E-state index is 0.00128. The second-order valence-corrected chi connectivity index (χ2v) is 7.89. The molecule has 32 heavy (non-hydrogen) atoms. The van der Waals surface area contributed by atoms with Crippen LogP contribution < -0.4 is 9.47 Å². The van der Waals surface area contributed by atoms with Crippen LogP contribution in [0, 0.1) is 5.92 Å². The Morgan fingerprint density at radius 3 is 2.34 bits per heavy atom. The summed E-state index contributed by atoms with van der Waals surface area (Å²) in [6.45, 7) is 2.77. The molecule has 168 valence electrons. The molecule has 0 amide bonds. The van der Waals surface area contributed by atoms with Crippen LogP contribution in [0.2, 0.25) is 5.02 Å². The van der Waals surface area contributed by atoms with Crippen molar-refractivity contribution < 1.29 is 27.8 Å². The molecule has 7 heteroatoms. The van der Waals surface area contributed by atoms with E-state index in [2.05, 4.69) is 0 Å². The normalized spacial score (nSPS) is 11.3. The number of alkyl halides is 2. The quantitative estimate of drug-likeness (QED) is 0.321. The molecule has 0 aliphatic heterocycles. The van der Waals surface area contributed by atoms with E-state index in [0.717, 1.165) is 5.56 Å². The fraction of sp³-hybridized carbons (Fsp3) is 0.240. The van der Waals surface area contributed by atoms with Crippen molar-refractivity contribution in [1.29, 1.82) is 0 Å². The lowest BCUT2D eigenvalue weighted by atomic mass is 10.1. The summed E-state index contributed by atoms with van der Waals surface area (Å²) in [4.78, 5) is 12.2. The zero-order valence-electron chi connectivity index (χ0n) is 17.7. The van der Waals surface area contributed by atoms with Gasteiger partial charge in [0.05, 0.1) is 17.4 Å². The monoisotopic (exact) mass is 460 g/mol. The lowest BCUT2D eigenvalue weighted by Crippen LogP contribution is -2.31. The van der Waals surface area contributed by atoms with Gasteiger partial charge in [0.15, 0.2) is 0 Å². The zero-order valence-corrected chi connectivity index (χ0v) is 18.4. The van der Waals surface area contributed by atoms with Crippen molar-refractivity contribution in [2.24, 2.45) is 5.92 Å². The average molecular weight is 461 g/mol. The Balaban J connectivity index is 1.55. The van der Waals surface area contributed by atoms with Crippen molar-refractivity contribution in [2.75, 3.05) is 0 Å². The second-order valence-electron chi connectivity index (χ2n) is 7.48. The lowest BCUT2D eigenvalue weighted by Gasteiger charge is -2.22. The maximum Gasteiger partial charge on any atom is 0.400 e. The Morgan fingerprint density at radius 1 is 0.938 bits per heavy atom. The molecule has 0 heterocycles. The first kappa shape index (κ1) is 23.5. The van der Waals surface area contributed by atoms with Gasteiger partial charge in [-0.15, -0.1) is 0 Å². The Kier molecular flexibility index (Phi) is 7.70. The summed E-state index contributed by atoms with van der Waals surface area (Å²) in [7, 11) is 0. The molecule has 0 aliphatic carbocycles. The number of esters is 1. The molecular weight excluding hydrogens is 438 g/mol. The topological polar surface area (TPSA) is 44.8 Å². The van der Waals surface area contributed by atoms with Gasteiger partial charge in [-0.2, -0.15) is 8.78 Å². The van der Waals surface area contributed by atoms with Gasteiger partial charge in [0, 0.05) is 0 Å². The van der Waals surface area contributed by atoms with Crippen LogP contribution in [0.4, 0.5) is 8.78 Å². The largest absolute Gasteiger partial charge is 0.461 e. The van der Waals surface area contributed by atoms with Gasteiger partial charge in [0.2, 0.25) is 0 Å². The highest BCUT2D eigenvalue weighted by molar-refractivity contribution is 6.32. The molecule has 0 aliphatic rings. The molecule has 4 nitrogen and oxygen atoms in total. The summed E-state index contributed by atoms with van der Waals surface area (Å²) in [5.41, 5.74) is 1.30. The lowest BCUT2D eigenvalue weighted by molar-refractivity contribution is -0.207. The summed E-state index contributed by atoms with van der Waals surface area (Å²) < 4.78 is 43.4. The van der Waals surface area contributed by atoms with Crippen molar-refractivity contribution in [3.05, 3.63) is 88.9 Å². The van der Waals surface area contributed by atoms with Gasteiger partial charge in [-0.25, -0.2) is 0 Å². The van der Waals surface area contributed by atoms with Crippen molar-refractivity contribution >= 4 is 17.6 Å². The van der Waals surface area contributed by atoms with Gasteiger partial charge < -0.3 is 14.2 Å². The minimum atomic E-state index is -3.34. The van der Waals surface area contributed by atoms with Crippen LogP contribution in [0.25, 0.3) is 0 Å². The van der Waals surface area contributed by atoms with Crippen molar-refractivity contribution in [1.82, 2.24) is 0 Å². The number of hydrogen-bond acceptors (Lipinski definition) is 4. The summed E-state index contributed by atoms with van der Waals surface area (Å²) in [5, 5.41) is 0.00128. The van der Waals surface area contributed by atoms with Gasteiger partial charge in [0.1, 0.15) is 23.9 Å². The first-order valence-corrected chi connectivity index (χ1v) is 10.4. The van der Waals surface area contributed by atoms with Gasteiger partial charge in [-0.1, -0.05) is 61.8 Å². The highest BCUT2D eigenvalue weighted by atomic mass is 35.5. The molecule has 3 rings (SSSR count). The standard InChI is InChI=1S/C25H23ClF2O4/c1-17(2)25(27,28)32-23-12-11-18(14-22(23)26)15-24(29)30-16-19-7-6-10-21(13-19)31-20-8-4-3-5-9-20/h3-14,17H,15-16H2,1-2H3. The van der Waals surface area contributed by atoms with Crippen LogP contribution in [-0.2, 0) is 22.6 Å². The fourth-order valence-electron chi connectivity index (χ4n) is 2.71. The predicted molar refractivity (Wildman–Crippen MR) is 118 cm³/mol. The molecule has 0 saturated heterocycles. The van der Waals surface area contributed by atoms with E-state index >= 15 is 0 Å². The van der Waals surface area contributed by atoms with E-state index in [1.165, 1.54) is 32.0 Å². The molecule has 3 aromatic carbocycles. The van der Waals surface area contributed by atoms with Gasteiger partial charge in [-0.3, -0.25) is 4.79 Å². The number of hydrogen-bond donors (Lipinski definition) is 0. The smallest absolute Gasteiger partial charge is 0.400 e. The van der Waals surface area contributed by atoms with Gasteiger partial charge in [-0.05, 0) is 47.5 Å². The zero-order chi connectivity index (χ0) is 23.1. The fourth-order valence-corrected chi connectivity index (χ4v) is 2.95. The maximum absolute atomic E-state index is 13.8. The molecule has 0 aromatic heterocycles. The molecule has 0 saturated carbocycles. The highest BCUT2D eigenvalue weighted by Gasteiger charge is 2.36. The first-order valence-electron chi connectivity index (χ1n) is 10.1. The Bertz CT molecular complexity index is 1050. The number of benzene rings is 3. The number of carbonyl (C=O) groups excluding carboxylic acids is 1. The molecule has 0 fully saturated rings. The molecule has 0 atom stereocenters. The highest BCUT2D eigenvalue weighted by Crippen LogP contribution is 2.33. The van der Waals surface area contributed by atoms with Gasteiger partial charge in [0.25, 0.3) is 0 Å². The maximum atomic E-state index is 13.8. The minimum Gasteiger partial charge on any atom is -0.461 e.